The van der Waals surface area contributed by atoms with Crippen LogP contribution in [0.2, 0.25) is 0 Å². The monoisotopic (exact) mass is 320 g/mol. The molecule has 1 N–H and O–H groups in total. The predicted molar refractivity (Wildman–Crippen MR) is 86.9 cm³/mol. The van der Waals surface area contributed by atoms with Gasteiger partial charge in [0, 0.05) is 13.1 Å². The molecule has 4 rings (SSSR count). The fraction of sp³-hybridized carbons (Fsp3) is 0.706. The van der Waals surface area contributed by atoms with Gasteiger partial charge in [0.1, 0.15) is 6.10 Å². The van der Waals surface area contributed by atoms with Gasteiger partial charge in [0.2, 0.25) is 5.91 Å². The number of carbonyl (C=O) groups excluding carboxylic acids is 1. The second-order valence-electron chi connectivity index (χ2n) is 6.90. The molecule has 1 aromatic rings. The van der Waals surface area contributed by atoms with E-state index in [2.05, 4.69) is 27.0 Å². The van der Waals surface area contributed by atoms with Crippen molar-refractivity contribution in [3.8, 4) is 0 Å². The molecule has 1 amide bonds. The van der Waals surface area contributed by atoms with Crippen molar-refractivity contribution in [2.75, 3.05) is 32.8 Å². The van der Waals surface area contributed by atoms with Gasteiger partial charge in [-0.1, -0.05) is 12.8 Å². The van der Waals surface area contributed by atoms with Crippen molar-refractivity contribution in [1.82, 2.24) is 10.2 Å². The van der Waals surface area contributed by atoms with Crippen molar-refractivity contribution in [3.63, 3.8) is 0 Å². The topological polar surface area (TPSA) is 41.6 Å². The van der Waals surface area contributed by atoms with Gasteiger partial charge in [0.15, 0.2) is 0 Å². The van der Waals surface area contributed by atoms with Crippen LogP contribution in [0.25, 0.3) is 0 Å². The van der Waals surface area contributed by atoms with Crippen molar-refractivity contribution >= 4 is 17.2 Å². The van der Waals surface area contributed by atoms with Gasteiger partial charge in [-0.15, -0.1) is 0 Å². The van der Waals surface area contributed by atoms with Gasteiger partial charge in [0.25, 0.3) is 0 Å². The molecule has 1 aliphatic carbocycles. The van der Waals surface area contributed by atoms with Crippen LogP contribution < -0.4 is 5.32 Å². The van der Waals surface area contributed by atoms with Gasteiger partial charge in [-0.05, 0) is 47.7 Å². The Labute approximate surface area is 135 Å². The zero-order valence-corrected chi connectivity index (χ0v) is 13.7. The molecule has 3 heterocycles. The van der Waals surface area contributed by atoms with E-state index < -0.39 is 0 Å². The molecule has 1 unspecified atom stereocenters. The molecular weight excluding hydrogens is 296 g/mol. The molecule has 1 aromatic heterocycles. The Morgan fingerprint density at radius 1 is 1.45 bits per heavy atom. The van der Waals surface area contributed by atoms with Crippen LogP contribution in [0.3, 0.4) is 0 Å². The molecule has 0 bridgehead atoms. The average molecular weight is 320 g/mol. The lowest BCUT2D eigenvalue weighted by atomic mass is 9.67. The van der Waals surface area contributed by atoms with E-state index in [4.69, 9.17) is 4.74 Å². The minimum atomic E-state index is -0.130. The number of thiophene rings is 1. The van der Waals surface area contributed by atoms with Crippen molar-refractivity contribution in [1.29, 1.82) is 0 Å². The van der Waals surface area contributed by atoms with E-state index in [1.54, 1.807) is 11.3 Å². The molecule has 3 atom stereocenters. The van der Waals surface area contributed by atoms with E-state index in [0.717, 1.165) is 26.1 Å². The first-order valence-corrected chi connectivity index (χ1v) is 9.38. The molecule has 0 aromatic carbocycles. The summed E-state index contributed by atoms with van der Waals surface area (Å²) in [6.07, 6.45) is 4.79. The summed E-state index contributed by atoms with van der Waals surface area (Å²) >= 11 is 1.69. The lowest BCUT2D eigenvalue weighted by Crippen LogP contribution is -2.53. The summed E-state index contributed by atoms with van der Waals surface area (Å²) < 4.78 is 5.90. The predicted octanol–water partition coefficient (Wildman–Crippen LogP) is 2.43. The SMILES string of the molecule is O=C(N1CCOC(c2ccsc2)C1)[C@@]12CCCC[C@H]1CNC2. The van der Waals surface area contributed by atoms with Crippen LogP contribution in [-0.4, -0.2) is 43.6 Å². The third-order valence-corrected chi connectivity index (χ3v) is 6.43. The number of amides is 1. The maximum atomic E-state index is 13.3. The van der Waals surface area contributed by atoms with E-state index >= 15 is 0 Å². The molecule has 3 fully saturated rings. The lowest BCUT2D eigenvalue weighted by molar-refractivity contribution is -0.153. The molecule has 120 valence electrons. The molecule has 4 nitrogen and oxygen atoms in total. The van der Waals surface area contributed by atoms with Gasteiger partial charge in [-0.3, -0.25) is 4.79 Å². The van der Waals surface area contributed by atoms with Crippen LogP contribution in [-0.2, 0) is 9.53 Å². The fourth-order valence-electron chi connectivity index (χ4n) is 4.48. The van der Waals surface area contributed by atoms with Gasteiger partial charge in [0.05, 0.1) is 18.6 Å². The number of nitrogens with one attached hydrogen (secondary N) is 1. The summed E-state index contributed by atoms with van der Waals surface area (Å²) in [6, 6.07) is 2.11. The number of hydrogen-bond donors (Lipinski definition) is 1. The zero-order valence-electron chi connectivity index (χ0n) is 12.9. The summed E-state index contributed by atoms with van der Waals surface area (Å²) in [5, 5.41) is 7.70. The summed E-state index contributed by atoms with van der Waals surface area (Å²) in [4.78, 5) is 15.4. The molecule has 2 saturated heterocycles. The second-order valence-corrected chi connectivity index (χ2v) is 7.68. The highest BCUT2D eigenvalue weighted by Gasteiger charge is 2.51. The van der Waals surface area contributed by atoms with Gasteiger partial charge in [-0.2, -0.15) is 11.3 Å². The van der Waals surface area contributed by atoms with Crippen LogP contribution >= 0.6 is 11.3 Å². The van der Waals surface area contributed by atoms with Crippen molar-refractivity contribution in [2.45, 2.75) is 31.8 Å². The number of carbonyl (C=O) groups is 1. The van der Waals surface area contributed by atoms with Crippen LogP contribution in [0.1, 0.15) is 37.4 Å². The normalized spacial score (nSPS) is 35.4. The summed E-state index contributed by atoms with van der Waals surface area (Å²) in [7, 11) is 0. The summed E-state index contributed by atoms with van der Waals surface area (Å²) in [5.74, 6) is 0.918. The number of nitrogens with zero attached hydrogens (tertiary/aromatic N) is 1. The van der Waals surface area contributed by atoms with E-state index in [0.29, 0.717) is 25.0 Å². The Kier molecular flexibility index (Phi) is 3.96. The highest BCUT2D eigenvalue weighted by atomic mass is 32.1. The van der Waals surface area contributed by atoms with E-state index in [-0.39, 0.29) is 11.5 Å². The lowest BCUT2D eigenvalue weighted by Gasteiger charge is -2.43. The third-order valence-electron chi connectivity index (χ3n) is 5.73. The zero-order chi connectivity index (χ0) is 15.0. The molecule has 2 aliphatic heterocycles. The number of hydrogen-bond acceptors (Lipinski definition) is 4. The number of morpholine rings is 1. The summed E-state index contributed by atoms with van der Waals surface area (Å²) in [6.45, 7) is 4.00. The molecular formula is C17H24N2O2S. The Balaban J connectivity index is 1.52. The van der Waals surface area contributed by atoms with Crippen molar-refractivity contribution < 1.29 is 9.53 Å². The average Bonchev–Trinajstić information content (AvgIpc) is 3.24. The molecule has 0 radical (unpaired) electrons. The van der Waals surface area contributed by atoms with Crippen LogP contribution in [0.5, 0.6) is 0 Å². The Morgan fingerprint density at radius 3 is 3.27 bits per heavy atom. The smallest absolute Gasteiger partial charge is 0.230 e. The van der Waals surface area contributed by atoms with Crippen LogP contribution in [0.4, 0.5) is 0 Å². The Morgan fingerprint density at radius 2 is 2.41 bits per heavy atom. The maximum Gasteiger partial charge on any atom is 0.230 e. The highest BCUT2D eigenvalue weighted by Crippen LogP contribution is 2.45. The van der Waals surface area contributed by atoms with Gasteiger partial charge >= 0.3 is 0 Å². The first kappa shape index (κ1) is 14.7. The summed E-state index contributed by atoms with van der Waals surface area (Å²) in [5.41, 5.74) is 1.08. The first-order chi connectivity index (χ1) is 10.8. The Bertz CT molecular complexity index is 533. The van der Waals surface area contributed by atoms with Crippen LogP contribution in [0.15, 0.2) is 16.8 Å². The van der Waals surface area contributed by atoms with Crippen LogP contribution in [0, 0.1) is 11.3 Å². The largest absolute Gasteiger partial charge is 0.370 e. The molecule has 3 aliphatic rings. The van der Waals surface area contributed by atoms with E-state index in [1.165, 1.54) is 24.8 Å². The number of rotatable bonds is 2. The number of ether oxygens (including phenoxy) is 1. The van der Waals surface area contributed by atoms with Crippen molar-refractivity contribution in [2.24, 2.45) is 11.3 Å². The molecule has 1 saturated carbocycles. The highest BCUT2D eigenvalue weighted by molar-refractivity contribution is 7.07. The van der Waals surface area contributed by atoms with E-state index in [9.17, 15) is 4.79 Å². The van der Waals surface area contributed by atoms with E-state index in [1.807, 2.05) is 0 Å². The minimum absolute atomic E-state index is 0.0525. The minimum Gasteiger partial charge on any atom is -0.370 e. The van der Waals surface area contributed by atoms with Gasteiger partial charge in [-0.25, -0.2) is 0 Å². The van der Waals surface area contributed by atoms with Gasteiger partial charge < -0.3 is 15.0 Å². The molecule has 0 spiro atoms. The first-order valence-electron chi connectivity index (χ1n) is 8.43. The Hall–Kier alpha value is -0.910. The molecule has 5 heteroatoms. The standard InChI is InChI=1S/C17H24N2O2S/c20-16(17-5-2-1-3-14(17)9-18-12-17)19-6-7-21-15(10-19)13-4-8-22-11-13/h4,8,11,14-15,18H,1-3,5-7,9-10,12H2/t14-,15?,17+/m0/s1. The quantitative estimate of drug-likeness (QED) is 0.910. The molecule has 22 heavy (non-hydrogen) atoms. The number of fused-ring (bicyclic) bond motifs is 1. The second kappa shape index (κ2) is 5.95. The van der Waals surface area contributed by atoms with Crippen molar-refractivity contribution in [3.05, 3.63) is 22.4 Å². The third kappa shape index (κ3) is 2.39. The maximum absolute atomic E-state index is 13.3. The fourth-order valence-corrected chi connectivity index (χ4v) is 5.18.